The van der Waals surface area contributed by atoms with E-state index in [0.29, 0.717) is 6.42 Å². The van der Waals surface area contributed by atoms with Crippen LogP contribution >= 0.6 is 0 Å². The molecule has 16 heavy (non-hydrogen) atoms. The maximum absolute atomic E-state index is 10.2. The van der Waals surface area contributed by atoms with E-state index in [9.17, 15) is 4.79 Å². The van der Waals surface area contributed by atoms with Gasteiger partial charge in [-0.15, -0.1) is 0 Å². The summed E-state index contributed by atoms with van der Waals surface area (Å²) in [6, 6.07) is 0. The molecule has 0 aromatic rings. The molecule has 0 heterocycles. The topological polar surface area (TPSA) is 37.3 Å². The molecule has 0 fully saturated rings. The van der Waals surface area contributed by atoms with Crippen molar-refractivity contribution in [2.24, 2.45) is 0 Å². The summed E-state index contributed by atoms with van der Waals surface area (Å²) in [5, 5.41) is 8.43. The lowest BCUT2D eigenvalue weighted by molar-refractivity contribution is -0.137. The molecule has 0 unspecified atom stereocenters. The first kappa shape index (κ1) is 14.9. The second kappa shape index (κ2) is 12.0. The van der Waals surface area contributed by atoms with E-state index in [0.717, 1.165) is 25.7 Å². The van der Waals surface area contributed by atoms with Crippen LogP contribution in [-0.4, -0.2) is 11.1 Å². The molecule has 0 radical (unpaired) electrons. The van der Waals surface area contributed by atoms with Gasteiger partial charge in [-0.1, -0.05) is 44.1 Å². The third kappa shape index (κ3) is 12.9. The van der Waals surface area contributed by atoms with Crippen LogP contribution in [0.4, 0.5) is 0 Å². The molecule has 2 heteroatoms. The van der Waals surface area contributed by atoms with E-state index >= 15 is 0 Å². The van der Waals surface area contributed by atoms with E-state index in [1.165, 1.54) is 19.3 Å². The molecule has 0 bridgehead atoms. The predicted molar refractivity (Wildman–Crippen MR) is 68.5 cm³/mol. The van der Waals surface area contributed by atoms with Crippen LogP contribution in [0.25, 0.3) is 0 Å². The van der Waals surface area contributed by atoms with Crippen LogP contribution in [0.1, 0.15) is 58.3 Å². The summed E-state index contributed by atoms with van der Waals surface area (Å²) < 4.78 is 0. The first-order valence-corrected chi connectivity index (χ1v) is 6.30. The quantitative estimate of drug-likeness (QED) is 0.443. The van der Waals surface area contributed by atoms with Gasteiger partial charge >= 0.3 is 5.97 Å². The van der Waals surface area contributed by atoms with Crippen molar-refractivity contribution >= 4 is 5.97 Å². The van der Waals surface area contributed by atoms with Crippen molar-refractivity contribution < 1.29 is 9.90 Å². The molecule has 1 N–H and O–H groups in total. The van der Waals surface area contributed by atoms with Crippen molar-refractivity contribution in [3.63, 3.8) is 0 Å². The standard InChI is InChI=1S/C14H24O2/c1-2-3-4-5-6-7-8-9-10-11-12-13-14(15)16/h6-9H,2-5,10-13H2,1H3,(H,15,16)/b7-6+,9-8+. The van der Waals surface area contributed by atoms with Gasteiger partial charge in [0.05, 0.1) is 0 Å². The molecular weight excluding hydrogens is 200 g/mol. The Morgan fingerprint density at radius 2 is 1.56 bits per heavy atom. The molecule has 0 rings (SSSR count). The monoisotopic (exact) mass is 224 g/mol. The first-order chi connectivity index (χ1) is 7.77. The molecule has 0 aliphatic rings. The van der Waals surface area contributed by atoms with Gasteiger partial charge in [-0.2, -0.15) is 0 Å². The Hall–Kier alpha value is -1.05. The third-order valence-corrected chi connectivity index (χ3v) is 2.37. The SMILES string of the molecule is CCCCC/C=C/C=C/CCCCC(=O)O. The highest BCUT2D eigenvalue weighted by Crippen LogP contribution is 2.02. The van der Waals surface area contributed by atoms with Gasteiger partial charge in [-0.05, 0) is 32.1 Å². The van der Waals surface area contributed by atoms with Crippen LogP contribution in [0, 0.1) is 0 Å². The van der Waals surface area contributed by atoms with Gasteiger partial charge in [0.15, 0.2) is 0 Å². The summed E-state index contributed by atoms with van der Waals surface area (Å²) in [5.74, 6) is -0.695. The molecule has 2 nitrogen and oxygen atoms in total. The first-order valence-electron chi connectivity index (χ1n) is 6.30. The summed E-state index contributed by atoms with van der Waals surface area (Å²) in [7, 11) is 0. The van der Waals surface area contributed by atoms with Crippen molar-refractivity contribution in [1.82, 2.24) is 0 Å². The number of allylic oxidation sites excluding steroid dienone is 4. The molecule has 0 amide bonds. The number of carbonyl (C=O) groups is 1. The fraction of sp³-hybridized carbons (Fsp3) is 0.643. The van der Waals surface area contributed by atoms with E-state index in [1.54, 1.807) is 0 Å². The minimum atomic E-state index is -0.695. The summed E-state index contributed by atoms with van der Waals surface area (Å²) in [6.07, 6.45) is 16.5. The van der Waals surface area contributed by atoms with Gasteiger partial charge < -0.3 is 5.11 Å². The molecule has 0 atom stereocenters. The lowest BCUT2D eigenvalue weighted by atomic mass is 10.2. The molecule has 0 aromatic carbocycles. The Balaban J connectivity index is 3.23. The fourth-order valence-electron chi connectivity index (χ4n) is 1.40. The van der Waals surface area contributed by atoms with Gasteiger partial charge in [-0.3, -0.25) is 4.79 Å². The number of rotatable bonds is 10. The van der Waals surface area contributed by atoms with Crippen LogP contribution in [0.5, 0.6) is 0 Å². The molecule has 0 spiro atoms. The summed E-state index contributed by atoms with van der Waals surface area (Å²) in [6.45, 7) is 2.21. The van der Waals surface area contributed by atoms with Gasteiger partial charge in [0.25, 0.3) is 0 Å². The molecular formula is C14H24O2. The minimum absolute atomic E-state index is 0.292. The molecule has 0 saturated heterocycles. The zero-order valence-electron chi connectivity index (χ0n) is 10.3. The zero-order valence-corrected chi connectivity index (χ0v) is 10.3. The Morgan fingerprint density at radius 1 is 1.00 bits per heavy atom. The van der Waals surface area contributed by atoms with Gasteiger partial charge in [0.2, 0.25) is 0 Å². The molecule has 0 aromatic heterocycles. The van der Waals surface area contributed by atoms with Crippen LogP contribution in [0.2, 0.25) is 0 Å². The van der Waals surface area contributed by atoms with Crippen LogP contribution in [-0.2, 0) is 4.79 Å². The Bertz CT molecular complexity index is 217. The highest BCUT2D eigenvalue weighted by atomic mass is 16.4. The summed E-state index contributed by atoms with van der Waals surface area (Å²) in [5.41, 5.74) is 0. The van der Waals surface area contributed by atoms with Crippen LogP contribution in [0.15, 0.2) is 24.3 Å². The summed E-state index contributed by atoms with van der Waals surface area (Å²) in [4.78, 5) is 10.2. The predicted octanol–water partition coefficient (Wildman–Crippen LogP) is 4.32. The molecule has 92 valence electrons. The van der Waals surface area contributed by atoms with Crippen molar-refractivity contribution in [3.05, 3.63) is 24.3 Å². The van der Waals surface area contributed by atoms with Crippen molar-refractivity contribution in [2.45, 2.75) is 58.3 Å². The van der Waals surface area contributed by atoms with Crippen molar-refractivity contribution in [1.29, 1.82) is 0 Å². The lowest BCUT2D eigenvalue weighted by Gasteiger charge is -1.92. The van der Waals surface area contributed by atoms with Crippen molar-refractivity contribution in [2.75, 3.05) is 0 Å². The van der Waals surface area contributed by atoms with E-state index in [2.05, 4.69) is 31.2 Å². The van der Waals surface area contributed by atoms with Gasteiger partial charge in [-0.25, -0.2) is 0 Å². The second-order valence-corrected chi connectivity index (χ2v) is 3.99. The van der Waals surface area contributed by atoms with Crippen molar-refractivity contribution in [3.8, 4) is 0 Å². The van der Waals surface area contributed by atoms with Gasteiger partial charge in [0, 0.05) is 6.42 Å². The average Bonchev–Trinajstić information content (AvgIpc) is 2.25. The van der Waals surface area contributed by atoms with E-state index in [4.69, 9.17) is 5.11 Å². The van der Waals surface area contributed by atoms with E-state index in [1.807, 2.05) is 0 Å². The largest absolute Gasteiger partial charge is 0.481 e. The zero-order chi connectivity index (χ0) is 12.1. The highest BCUT2D eigenvalue weighted by molar-refractivity contribution is 5.66. The highest BCUT2D eigenvalue weighted by Gasteiger charge is 1.93. The molecule has 0 aliphatic heterocycles. The van der Waals surface area contributed by atoms with E-state index in [-0.39, 0.29) is 0 Å². The van der Waals surface area contributed by atoms with E-state index < -0.39 is 5.97 Å². The average molecular weight is 224 g/mol. The maximum atomic E-state index is 10.2. The van der Waals surface area contributed by atoms with Crippen LogP contribution < -0.4 is 0 Å². The number of aliphatic carboxylic acids is 1. The second-order valence-electron chi connectivity index (χ2n) is 3.99. The number of hydrogen-bond acceptors (Lipinski definition) is 1. The normalized spacial score (nSPS) is 11.6. The third-order valence-electron chi connectivity index (χ3n) is 2.37. The number of carboxylic acids is 1. The van der Waals surface area contributed by atoms with Crippen LogP contribution in [0.3, 0.4) is 0 Å². The smallest absolute Gasteiger partial charge is 0.303 e. The fourth-order valence-corrected chi connectivity index (χ4v) is 1.40. The lowest BCUT2D eigenvalue weighted by Crippen LogP contribution is -1.92. The minimum Gasteiger partial charge on any atom is -0.481 e. The van der Waals surface area contributed by atoms with Gasteiger partial charge in [0.1, 0.15) is 0 Å². The Labute approximate surface area is 99.1 Å². The number of carboxylic acid groups (broad SMARTS) is 1. The molecule has 0 saturated carbocycles. The Kier molecular flexibility index (Phi) is 11.2. The summed E-state index contributed by atoms with van der Waals surface area (Å²) >= 11 is 0. The maximum Gasteiger partial charge on any atom is 0.303 e. The Morgan fingerprint density at radius 3 is 2.06 bits per heavy atom. The number of hydrogen-bond donors (Lipinski definition) is 1. The number of unbranched alkanes of at least 4 members (excludes halogenated alkanes) is 5. The molecule has 0 aliphatic carbocycles.